The number of furan rings is 1. The topological polar surface area (TPSA) is 64.2 Å². The monoisotopic (exact) mass is 320 g/mol. The van der Waals surface area contributed by atoms with Gasteiger partial charge >= 0.3 is 0 Å². The summed E-state index contributed by atoms with van der Waals surface area (Å²) in [7, 11) is 0. The fourth-order valence-electron chi connectivity index (χ4n) is 2.58. The smallest absolute Gasteiger partial charge is 0.228 e. The molecule has 1 fully saturated rings. The Morgan fingerprint density at radius 1 is 1.32 bits per heavy atom. The van der Waals surface area contributed by atoms with Crippen LogP contribution in [-0.4, -0.2) is 39.4 Å². The molecule has 0 saturated carbocycles. The SMILES string of the molecule is CC(=O)CSc1nnc(N2CCCCC2)n1Cc1ccco1. The fraction of sp³-hybridized carbons (Fsp3) is 0.533. The number of piperidine rings is 1. The molecule has 0 atom stereocenters. The van der Waals surface area contributed by atoms with Gasteiger partial charge < -0.3 is 9.32 Å². The number of carbonyl (C=O) groups excluding carboxylic acids is 1. The summed E-state index contributed by atoms with van der Waals surface area (Å²) in [4.78, 5) is 13.5. The minimum absolute atomic E-state index is 0.136. The highest BCUT2D eigenvalue weighted by molar-refractivity contribution is 7.99. The largest absolute Gasteiger partial charge is 0.467 e. The first-order valence-electron chi connectivity index (χ1n) is 7.57. The number of nitrogens with zero attached hydrogens (tertiary/aromatic N) is 4. The van der Waals surface area contributed by atoms with Crippen molar-refractivity contribution in [2.45, 2.75) is 37.9 Å². The third-order valence-corrected chi connectivity index (χ3v) is 4.75. The number of ketones is 1. The van der Waals surface area contributed by atoms with Crippen LogP contribution in [0, 0.1) is 0 Å². The lowest BCUT2D eigenvalue weighted by Crippen LogP contribution is -2.32. The van der Waals surface area contributed by atoms with E-state index in [0.29, 0.717) is 12.3 Å². The lowest BCUT2D eigenvalue weighted by Gasteiger charge is -2.27. The Hall–Kier alpha value is -1.76. The Morgan fingerprint density at radius 2 is 2.14 bits per heavy atom. The number of rotatable bonds is 6. The van der Waals surface area contributed by atoms with Crippen LogP contribution >= 0.6 is 11.8 Å². The number of hydrogen-bond donors (Lipinski definition) is 0. The molecule has 3 rings (SSSR count). The van der Waals surface area contributed by atoms with E-state index in [4.69, 9.17) is 4.42 Å². The van der Waals surface area contributed by atoms with Crippen LogP contribution < -0.4 is 4.90 Å². The van der Waals surface area contributed by atoms with E-state index in [-0.39, 0.29) is 5.78 Å². The number of anilines is 1. The van der Waals surface area contributed by atoms with Crippen LogP contribution in [0.2, 0.25) is 0 Å². The highest BCUT2D eigenvalue weighted by Gasteiger charge is 2.21. The van der Waals surface area contributed by atoms with Gasteiger partial charge in [0.25, 0.3) is 0 Å². The minimum atomic E-state index is 0.136. The van der Waals surface area contributed by atoms with Gasteiger partial charge in [0.1, 0.15) is 11.5 Å². The Kier molecular flexibility index (Phi) is 4.82. The Morgan fingerprint density at radius 3 is 2.82 bits per heavy atom. The van der Waals surface area contributed by atoms with Crippen molar-refractivity contribution in [3.05, 3.63) is 24.2 Å². The Balaban J connectivity index is 1.85. The first-order valence-corrected chi connectivity index (χ1v) is 8.55. The molecule has 0 radical (unpaired) electrons. The summed E-state index contributed by atoms with van der Waals surface area (Å²) in [5, 5.41) is 9.42. The summed E-state index contributed by atoms with van der Waals surface area (Å²) < 4.78 is 7.51. The first-order chi connectivity index (χ1) is 10.7. The molecular formula is C15H20N4O2S. The van der Waals surface area contributed by atoms with Crippen LogP contribution in [0.15, 0.2) is 28.0 Å². The summed E-state index contributed by atoms with van der Waals surface area (Å²) in [6.07, 6.45) is 5.31. The van der Waals surface area contributed by atoms with Crippen molar-refractivity contribution in [1.82, 2.24) is 14.8 Å². The maximum atomic E-state index is 11.2. The number of Topliss-reactive ketones (excluding diaryl/α,β-unsaturated/α-hetero) is 1. The average Bonchev–Trinajstić information content (AvgIpc) is 3.16. The predicted octanol–water partition coefficient (Wildman–Crippen LogP) is 2.59. The minimum Gasteiger partial charge on any atom is -0.467 e. The molecular weight excluding hydrogens is 300 g/mol. The van der Waals surface area contributed by atoms with Gasteiger partial charge in [-0.2, -0.15) is 0 Å². The fourth-order valence-corrected chi connectivity index (χ4v) is 3.31. The van der Waals surface area contributed by atoms with Crippen LogP contribution in [0.1, 0.15) is 31.9 Å². The van der Waals surface area contributed by atoms with Gasteiger partial charge in [0.05, 0.1) is 18.6 Å². The van der Waals surface area contributed by atoms with E-state index in [0.717, 1.165) is 30.0 Å². The van der Waals surface area contributed by atoms with Gasteiger partial charge in [0.2, 0.25) is 5.95 Å². The van der Waals surface area contributed by atoms with E-state index in [2.05, 4.69) is 19.7 Å². The van der Waals surface area contributed by atoms with Gasteiger partial charge in [0, 0.05) is 13.1 Å². The molecule has 0 bridgehead atoms. The zero-order chi connectivity index (χ0) is 15.4. The summed E-state index contributed by atoms with van der Waals surface area (Å²) >= 11 is 1.43. The lowest BCUT2D eigenvalue weighted by molar-refractivity contribution is -0.114. The van der Waals surface area contributed by atoms with Crippen molar-refractivity contribution in [3.8, 4) is 0 Å². The molecule has 1 aliphatic rings. The zero-order valence-electron chi connectivity index (χ0n) is 12.7. The van der Waals surface area contributed by atoms with Crippen molar-refractivity contribution in [2.75, 3.05) is 23.7 Å². The van der Waals surface area contributed by atoms with Crippen LogP contribution in [0.5, 0.6) is 0 Å². The molecule has 0 aromatic carbocycles. The van der Waals surface area contributed by atoms with E-state index in [9.17, 15) is 4.79 Å². The second kappa shape index (κ2) is 7.00. The number of aromatic nitrogens is 3. The molecule has 2 aromatic rings. The van der Waals surface area contributed by atoms with Gasteiger partial charge in [-0.15, -0.1) is 10.2 Å². The summed E-state index contributed by atoms with van der Waals surface area (Å²) in [6, 6.07) is 3.82. The molecule has 1 saturated heterocycles. The second-order valence-corrected chi connectivity index (χ2v) is 6.43. The van der Waals surface area contributed by atoms with Crippen molar-refractivity contribution in [2.24, 2.45) is 0 Å². The van der Waals surface area contributed by atoms with E-state index >= 15 is 0 Å². The maximum Gasteiger partial charge on any atom is 0.228 e. The van der Waals surface area contributed by atoms with Crippen LogP contribution in [-0.2, 0) is 11.3 Å². The third kappa shape index (κ3) is 3.52. The molecule has 0 amide bonds. The van der Waals surface area contributed by atoms with Crippen molar-refractivity contribution in [3.63, 3.8) is 0 Å². The average molecular weight is 320 g/mol. The number of thioether (sulfide) groups is 1. The molecule has 3 heterocycles. The molecule has 0 unspecified atom stereocenters. The van der Waals surface area contributed by atoms with Crippen molar-refractivity contribution >= 4 is 23.5 Å². The lowest BCUT2D eigenvalue weighted by atomic mass is 10.1. The number of hydrogen-bond acceptors (Lipinski definition) is 6. The molecule has 2 aromatic heterocycles. The summed E-state index contributed by atoms with van der Waals surface area (Å²) in [6.45, 7) is 4.19. The van der Waals surface area contributed by atoms with Crippen LogP contribution in [0.25, 0.3) is 0 Å². The highest BCUT2D eigenvalue weighted by Crippen LogP contribution is 2.25. The molecule has 7 heteroatoms. The predicted molar refractivity (Wildman–Crippen MR) is 85.3 cm³/mol. The van der Waals surface area contributed by atoms with Gasteiger partial charge in [-0.05, 0) is 38.3 Å². The Labute approximate surface area is 133 Å². The Bertz CT molecular complexity index is 618. The van der Waals surface area contributed by atoms with Crippen molar-refractivity contribution in [1.29, 1.82) is 0 Å². The van der Waals surface area contributed by atoms with E-state index in [1.807, 2.05) is 12.1 Å². The third-order valence-electron chi connectivity index (χ3n) is 3.63. The quantitative estimate of drug-likeness (QED) is 0.762. The highest BCUT2D eigenvalue weighted by atomic mass is 32.2. The van der Waals surface area contributed by atoms with E-state index in [1.165, 1.54) is 31.0 Å². The molecule has 6 nitrogen and oxygen atoms in total. The molecule has 1 aliphatic heterocycles. The molecule has 22 heavy (non-hydrogen) atoms. The first kappa shape index (κ1) is 15.1. The summed E-state index contributed by atoms with van der Waals surface area (Å²) in [5.74, 6) is 2.29. The van der Waals surface area contributed by atoms with Gasteiger partial charge in [-0.1, -0.05) is 11.8 Å². The zero-order valence-corrected chi connectivity index (χ0v) is 13.5. The summed E-state index contributed by atoms with van der Waals surface area (Å²) in [5.41, 5.74) is 0. The van der Waals surface area contributed by atoms with Gasteiger partial charge in [-0.3, -0.25) is 9.36 Å². The standard InChI is InChI=1S/C15H20N4O2S/c1-12(20)11-22-15-17-16-14(18-7-3-2-4-8-18)19(15)10-13-6-5-9-21-13/h5-6,9H,2-4,7-8,10-11H2,1H3. The molecule has 0 N–H and O–H groups in total. The van der Waals surface area contributed by atoms with Crippen LogP contribution in [0.3, 0.4) is 0 Å². The van der Waals surface area contributed by atoms with Gasteiger partial charge in [-0.25, -0.2) is 0 Å². The molecule has 0 aliphatic carbocycles. The van der Waals surface area contributed by atoms with E-state index < -0.39 is 0 Å². The maximum absolute atomic E-state index is 11.2. The van der Waals surface area contributed by atoms with Crippen molar-refractivity contribution < 1.29 is 9.21 Å². The van der Waals surface area contributed by atoms with Gasteiger partial charge in [0.15, 0.2) is 5.16 Å². The molecule has 0 spiro atoms. The van der Waals surface area contributed by atoms with E-state index in [1.54, 1.807) is 13.2 Å². The number of carbonyl (C=O) groups is 1. The second-order valence-electron chi connectivity index (χ2n) is 5.49. The molecule has 118 valence electrons. The normalized spacial score (nSPS) is 15.2. The van der Waals surface area contributed by atoms with Crippen LogP contribution in [0.4, 0.5) is 5.95 Å².